The second-order valence-electron chi connectivity index (χ2n) is 6.66. The second kappa shape index (κ2) is 5.96. The minimum absolute atomic E-state index is 0.259. The van der Waals surface area contributed by atoms with Crippen molar-refractivity contribution < 1.29 is 19.4 Å². The Morgan fingerprint density at radius 2 is 2.17 bits per heavy atom. The number of aryl methyl sites for hydroxylation is 2. The first-order chi connectivity index (χ1) is 11.4. The lowest BCUT2D eigenvalue weighted by Gasteiger charge is -2.38. The number of ether oxygens (including phenoxy) is 1. The Kier molecular flexibility index (Phi) is 4.11. The topological polar surface area (TPSA) is 68.5 Å². The average Bonchev–Trinajstić information content (AvgIpc) is 2.93. The van der Waals surface area contributed by atoms with Gasteiger partial charge in [-0.1, -0.05) is 19.1 Å². The third-order valence-electron chi connectivity index (χ3n) is 5.41. The third kappa shape index (κ3) is 2.39. The van der Waals surface area contributed by atoms with Crippen LogP contribution in [0.3, 0.4) is 0 Å². The first-order valence-electron chi connectivity index (χ1n) is 8.38. The first kappa shape index (κ1) is 16.6. The van der Waals surface area contributed by atoms with Gasteiger partial charge in [0.1, 0.15) is 0 Å². The van der Waals surface area contributed by atoms with Crippen molar-refractivity contribution in [3.8, 4) is 0 Å². The Hall–Kier alpha value is -2.30. The van der Waals surface area contributed by atoms with Crippen molar-refractivity contribution in [3.05, 3.63) is 35.5 Å². The molecular weight excluding hydrogens is 306 g/mol. The number of aromatic nitrogens is 1. The second-order valence-corrected chi connectivity index (χ2v) is 6.66. The van der Waals surface area contributed by atoms with Gasteiger partial charge in [0, 0.05) is 29.6 Å². The van der Waals surface area contributed by atoms with E-state index in [9.17, 15) is 14.7 Å². The Balaban J connectivity index is 2.09. The Morgan fingerprint density at radius 3 is 2.83 bits per heavy atom. The summed E-state index contributed by atoms with van der Waals surface area (Å²) in [5.41, 5.74) is 2.33. The maximum absolute atomic E-state index is 12.7. The molecule has 1 aromatic carbocycles. The van der Waals surface area contributed by atoms with Crippen LogP contribution in [0.2, 0.25) is 0 Å². The van der Waals surface area contributed by atoms with Crippen LogP contribution in [0.1, 0.15) is 31.5 Å². The Bertz CT molecular complexity index is 807. The van der Waals surface area contributed by atoms with Crippen LogP contribution in [-0.2, 0) is 27.3 Å². The van der Waals surface area contributed by atoms with Crippen molar-refractivity contribution in [2.75, 3.05) is 6.61 Å². The summed E-state index contributed by atoms with van der Waals surface area (Å²) in [6.45, 7) is 6.31. The molecule has 5 nitrogen and oxygen atoms in total. The average molecular weight is 329 g/mol. The highest BCUT2D eigenvalue weighted by Gasteiger charge is 2.50. The smallest absolute Gasteiger partial charge is 0.313 e. The molecular formula is C19H23NO4. The summed E-state index contributed by atoms with van der Waals surface area (Å²) < 4.78 is 7.46. The largest absolute Gasteiger partial charge is 0.481 e. The fourth-order valence-electron chi connectivity index (χ4n) is 3.85. The molecule has 2 atom stereocenters. The van der Waals surface area contributed by atoms with Gasteiger partial charge in [0.05, 0.1) is 17.9 Å². The molecule has 2 heterocycles. The van der Waals surface area contributed by atoms with Crippen LogP contribution in [0.4, 0.5) is 0 Å². The molecule has 128 valence electrons. The minimum atomic E-state index is -1.000. The van der Waals surface area contributed by atoms with E-state index in [1.165, 1.54) is 5.56 Å². The molecule has 1 aliphatic rings. The van der Waals surface area contributed by atoms with Crippen molar-refractivity contribution in [3.63, 3.8) is 0 Å². The zero-order chi connectivity index (χ0) is 17.5. The summed E-state index contributed by atoms with van der Waals surface area (Å²) in [5.74, 6) is -2.14. The molecule has 1 aliphatic heterocycles. The number of fused-ring (bicyclic) bond motifs is 3. The third-order valence-corrected chi connectivity index (χ3v) is 5.41. The molecule has 0 saturated heterocycles. The zero-order valence-electron chi connectivity index (χ0n) is 14.3. The Morgan fingerprint density at radius 1 is 1.42 bits per heavy atom. The van der Waals surface area contributed by atoms with Gasteiger partial charge in [0.15, 0.2) is 0 Å². The highest BCUT2D eigenvalue weighted by Crippen LogP contribution is 2.43. The van der Waals surface area contributed by atoms with Gasteiger partial charge < -0.3 is 14.4 Å². The SMILES string of the molecule is CCOC(=O)C1(C(C)C(=O)O)CCn2c(cc3c(C)cccc32)C1. The van der Waals surface area contributed by atoms with Crippen molar-refractivity contribution in [2.45, 2.75) is 40.2 Å². The molecule has 0 spiro atoms. The maximum Gasteiger partial charge on any atom is 0.313 e. The number of nitrogens with zero attached hydrogens (tertiary/aromatic N) is 1. The van der Waals surface area contributed by atoms with E-state index in [1.54, 1.807) is 13.8 Å². The molecule has 3 rings (SSSR count). The molecule has 1 aromatic heterocycles. The van der Waals surface area contributed by atoms with Crippen molar-refractivity contribution in [1.82, 2.24) is 4.57 Å². The quantitative estimate of drug-likeness (QED) is 0.875. The van der Waals surface area contributed by atoms with Crippen molar-refractivity contribution in [2.24, 2.45) is 11.3 Å². The molecule has 0 fully saturated rings. The van der Waals surface area contributed by atoms with E-state index in [1.807, 2.05) is 6.07 Å². The summed E-state index contributed by atoms with van der Waals surface area (Å²) in [5, 5.41) is 10.7. The van der Waals surface area contributed by atoms with Gasteiger partial charge in [-0.15, -0.1) is 0 Å². The molecule has 2 unspecified atom stereocenters. The van der Waals surface area contributed by atoms with E-state index in [0.717, 1.165) is 16.6 Å². The lowest BCUT2D eigenvalue weighted by molar-refractivity contribution is -0.168. The lowest BCUT2D eigenvalue weighted by atomic mass is 9.69. The van der Waals surface area contributed by atoms with Gasteiger partial charge in [-0.05, 0) is 38.0 Å². The van der Waals surface area contributed by atoms with Crippen LogP contribution in [0.5, 0.6) is 0 Å². The fourth-order valence-corrected chi connectivity index (χ4v) is 3.85. The van der Waals surface area contributed by atoms with Crippen LogP contribution >= 0.6 is 0 Å². The number of hydrogen-bond acceptors (Lipinski definition) is 3. The van der Waals surface area contributed by atoms with Crippen LogP contribution < -0.4 is 0 Å². The zero-order valence-corrected chi connectivity index (χ0v) is 14.3. The van der Waals surface area contributed by atoms with E-state index in [2.05, 4.69) is 29.7 Å². The number of benzene rings is 1. The van der Waals surface area contributed by atoms with Crippen LogP contribution in [0.15, 0.2) is 24.3 Å². The summed E-state index contributed by atoms with van der Waals surface area (Å²) >= 11 is 0. The van der Waals surface area contributed by atoms with Crippen LogP contribution in [0, 0.1) is 18.3 Å². The van der Waals surface area contributed by atoms with Crippen LogP contribution in [-0.4, -0.2) is 28.2 Å². The van der Waals surface area contributed by atoms with E-state index < -0.39 is 23.3 Å². The number of esters is 1. The predicted molar refractivity (Wildman–Crippen MR) is 90.9 cm³/mol. The summed E-state index contributed by atoms with van der Waals surface area (Å²) in [6.07, 6.45) is 0.872. The van der Waals surface area contributed by atoms with Crippen molar-refractivity contribution in [1.29, 1.82) is 0 Å². The van der Waals surface area contributed by atoms with Gasteiger partial charge in [0.2, 0.25) is 0 Å². The van der Waals surface area contributed by atoms with E-state index in [0.29, 0.717) is 19.4 Å². The monoisotopic (exact) mass is 329 g/mol. The number of carbonyl (C=O) groups excluding carboxylic acids is 1. The number of carboxylic acid groups (broad SMARTS) is 1. The number of rotatable bonds is 4. The highest BCUT2D eigenvalue weighted by atomic mass is 16.5. The van der Waals surface area contributed by atoms with Gasteiger partial charge in [-0.2, -0.15) is 0 Å². The van der Waals surface area contributed by atoms with E-state index in [4.69, 9.17) is 4.74 Å². The standard InChI is InChI=1S/C19H23NO4/c1-4-24-18(23)19(13(3)17(21)22)8-9-20-14(11-19)10-15-12(2)6-5-7-16(15)20/h5-7,10,13H,4,8-9,11H2,1-3H3,(H,21,22). The normalized spacial score (nSPS) is 21.3. The molecule has 1 N–H and O–H groups in total. The van der Waals surface area contributed by atoms with E-state index in [-0.39, 0.29) is 6.61 Å². The predicted octanol–water partition coefficient (Wildman–Crippen LogP) is 3.17. The number of carboxylic acids is 1. The minimum Gasteiger partial charge on any atom is -0.481 e. The lowest BCUT2D eigenvalue weighted by Crippen LogP contribution is -2.47. The summed E-state index contributed by atoms with van der Waals surface area (Å²) in [6, 6.07) is 8.25. The Labute approximate surface area is 141 Å². The summed E-state index contributed by atoms with van der Waals surface area (Å²) in [4.78, 5) is 24.3. The van der Waals surface area contributed by atoms with Gasteiger partial charge in [-0.3, -0.25) is 9.59 Å². The fraction of sp³-hybridized carbons (Fsp3) is 0.474. The number of hydrogen-bond donors (Lipinski definition) is 1. The number of carbonyl (C=O) groups is 2. The molecule has 5 heteroatoms. The first-order valence-corrected chi connectivity index (χ1v) is 8.38. The van der Waals surface area contributed by atoms with Gasteiger partial charge >= 0.3 is 11.9 Å². The highest BCUT2D eigenvalue weighted by molar-refractivity contribution is 5.87. The molecule has 0 saturated carbocycles. The van der Waals surface area contributed by atoms with Gasteiger partial charge in [-0.25, -0.2) is 0 Å². The molecule has 0 aliphatic carbocycles. The van der Waals surface area contributed by atoms with Crippen molar-refractivity contribution >= 4 is 22.8 Å². The molecule has 0 radical (unpaired) electrons. The molecule has 24 heavy (non-hydrogen) atoms. The number of aliphatic carboxylic acids is 1. The molecule has 0 bridgehead atoms. The van der Waals surface area contributed by atoms with Crippen LogP contribution in [0.25, 0.3) is 10.9 Å². The summed E-state index contributed by atoms with van der Waals surface area (Å²) in [7, 11) is 0. The molecule has 0 amide bonds. The maximum atomic E-state index is 12.7. The molecule has 2 aromatic rings. The van der Waals surface area contributed by atoms with E-state index >= 15 is 0 Å². The van der Waals surface area contributed by atoms with Gasteiger partial charge in [0.25, 0.3) is 0 Å².